The molecule has 0 aromatic heterocycles. The van der Waals surface area contributed by atoms with Gasteiger partial charge in [0.2, 0.25) is 0 Å². The number of nitrogens with zero attached hydrogens (tertiary/aromatic N) is 2. The highest BCUT2D eigenvalue weighted by Gasteiger charge is 2.17. The molecule has 0 unspecified atom stereocenters. The first-order valence-corrected chi connectivity index (χ1v) is 12.2. The van der Waals surface area contributed by atoms with Crippen LogP contribution in [0.1, 0.15) is 54.4 Å². The first kappa shape index (κ1) is 33.4. The minimum absolute atomic E-state index is 0.00979. The van der Waals surface area contributed by atoms with Gasteiger partial charge in [-0.05, 0) is 55.6 Å². The van der Waals surface area contributed by atoms with Crippen molar-refractivity contribution in [3.05, 3.63) is 0 Å². The van der Waals surface area contributed by atoms with Crippen LogP contribution in [0.4, 0.5) is 9.59 Å². The van der Waals surface area contributed by atoms with Crippen LogP contribution in [0, 0.1) is 0 Å². The predicted octanol–water partition coefficient (Wildman–Crippen LogP) is 1.77. The van der Waals surface area contributed by atoms with Gasteiger partial charge < -0.3 is 39.4 Å². The van der Waals surface area contributed by atoms with Crippen molar-refractivity contribution in [1.82, 2.24) is 20.4 Å². The van der Waals surface area contributed by atoms with Crippen LogP contribution in [0.2, 0.25) is 0 Å². The Morgan fingerprint density at radius 1 is 0.611 bits per heavy atom. The summed E-state index contributed by atoms with van der Waals surface area (Å²) in [6.07, 6.45) is -0.601. The van der Waals surface area contributed by atoms with Crippen LogP contribution >= 0.6 is 0 Å². The van der Waals surface area contributed by atoms with Gasteiger partial charge in [-0.2, -0.15) is 0 Å². The number of amides is 2. The van der Waals surface area contributed by atoms with Crippen LogP contribution in [0.5, 0.6) is 0 Å². The monoisotopic (exact) mass is 518 g/mol. The number of esters is 2. The lowest BCUT2D eigenvalue weighted by Gasteiger charge is -2.21. The molecule has 0 atom stereocenters. The fourth-order valence-corrected chi connectivity index (χ4v) is 2.57. The van der Waals surface area contributed by atoms with E-state index in [0.29, 0.717) is 39.3 Å². The highest BCUT2D eigenvalue weighted by Crippen LogP contribution is 2.07. The topological polar surface area (TPSA) is 136 Å². The maximum Gasteiger partial charge on any atom is 0.407 e. The van der Waals surface area contributed by atoms with Crippen molar-refractivity contribution in [2.24, 2.45) is 0 Å². The molecule has 0 saturated carbocycles. The van der Waals surface area contributed by atoms with Gasteiger partial charge in [0.1, 0.15) is 24.4 Å². The van der Waals surface area contributed by atoms with Crippen molar-refractivity contribution < 1.29 is 38.1 Å². The van der Waals surface area contributed by atoms with Gasteiger partial charge in [0.15, 0.2) is 0 Å². The Morgan fingerprint density at radius 3 is 1.25 bits per heavy atom. The standard InChI is InChI=1S/C24H46N4O8/c1-23(2,3)35-21(31)25-11-15-27(7)13-9-19(29)33-17-18-34-20(30)10-14-28(8)16-12-26-22(32)36-24(4,5)6/h9-18H2,1-8H3,(H,25,31)(H,26,32). The zero-order valence-electron chi connectivity index (χ0n) is 23.2. The number of hydrogen-bond donors (Lipinski definition) is 2. The van der Waals surface area contributed by atoms with Gasteiger partial charge in [-0.3, -0.25) is 9.59 Å². The van der Waals surface area contributed by atoms with Gasteiger partial charge in [-0.15, -0.1) is 0 Å². The van der Waals surface area contributed by atoms with E-state index in [1.54, 1.807) is 41.5 Å². The second-order valence-corrected chi connectivity index (χ2v) is 10.4. The van der Waals surface area contributed by atoms with Crippen molar-refractivity contribution >= 4 is 24.1 Å². The van der Waals surface area contributed by atoms with E-state index in [4.69, 9.17) is 18.9 Å². The van der Waals surface area contributed by atoms with E-state index in [-0.39, 0.29) is 26.1 Å². The summed E-state index contributed by atoms with van der Waals surface area (Å²) < 4.78 is 20.5. The minimum Gasteiger partial charge on any atom is -0.462 e. The zero-order valence-corrected chi connectivity index (χ0v) is 23.2. The number of carbonyl (C=O) groups is 4. The molecule has 0 aromatic rings. The number of ether oxygens (including phenoxy) is 4. The molecule has 12 heteroatoms. The molecule has 0 rings (SSSR count). The average Bonchev–Trinajstić information content (AvgIpc) is 2.71. The molecule has 2 amide bonds. The quantitative estimate of drug-likeness (QED) is 0.187. The Hall–Kier alpha value is -2.60. The number of alkyl carbamates (subject to hydrolysis) is 2. The van der Waals surface area contributed by atoms with Crippen LogP contribution in [0.3, 0.4) is 0 Å². The van der Waals surface area contributed by atoms with Gasteiger partial charge in [0.25, 0.3) is 0 Å². The Kier molecular flexibility index (Phi) is 15.7. The minimum atomic E-state index is -0.549. The van der Waals surface area contributed by atoms with Crippen molar-refractivity contribution in [3.8, 4) is 0 Å². The molecule has 0 aliphatic rings. The van der Waals surface area contributed by atoms with Gasteiger partial charge in [-0.1, -0.05) is 0 Å². The molecule has 0 aromatic carbocycles. The Bertz CT molecular complexity index is 631. The third-order valence-corrected chi connectivity index (χ3v) is 4.33. The molecule has 0 radical (unpaired) electrons. The van der Waals surface area contributed by atoms with Crippen molar-refractivity contribution in [3.63, 3.8) is 0 Å². The molecule has 0 bridgehead atoms. The number of rotatable bonds is 15. The van der Waals surface area contributed by atoms with E-state index < -0.39 is 35.3 Å². The molecule has 0 aliphatic heterocycles. The molecule has 36 heavy (non-hydrogen) atoms. The van der Waals surface area contributed by atoms with E-state index in [9.17, 15) is 19.2 Å². The normalized spacial score (nSPS) is 11.7. The molecule has 0 aliphatic carbocycles. The van der Waals surface area contributed by atoms with Gasteiger partial charge in [-0.25, -0.2) is 9.59 Å². The molecule has 2 N–H and O–H groups in total. The fraction of sp³-hybridized carbons (Fsp3) is 0.833. The summed E-state index contributed by atoms with van der Waals surface area (Å²) in [5.41, 5.74) is -1.10. The second-order valence-electron chi connectivity index (χ2n) is 10.4. The maximum atomic E-state index is 11.8. The molecule has 0 fully saturated rings. The summed E-state index contributed by atoms with van der Waals surface area (Å²) in [4.78, 5) is 50.7. The smallest absolute Gasteiger partial charge is 0.407 e. The van der Waals surface area contributed by atoms with Gasteiger partial charge in [0, 0.05) is 39.3 Å². The SMILES string of the molecule is CN(CCNC(=O)OC(C)(C)C)CCC(=O)OCCOC(=O)CCN(C)CCNC(=O)OC(C)(C)C. The van der Waals surface area contributed by atoms with E-state index in [1.807, 2.05) is 23.9 Å². The first-order chi connectivity index (χ1) is 16.6. The van der Waals surface area contributed by atoms with E-state index >= 15 is 0 Å². The highest BCUT2D eigenvalue weighted by molar-refractivity contribution is 5.70. The second kappa shape index (κ2) is 17.0. The summed E-state index contributed by atoms with van der Waals surface area (Å²) >= 11 is 0. The summed E-state index contributed by atoms with van der Waals surface area (Å²) in [7, 11) is 3.66. The third-order valence-electron chi connectivity index (χ3n) is 4.33. The third kappa shape index (κ3) is 21.9. The van der Waals surface area contributed by atoms with Gasteiger partial charge >= 0.3 is 24.1 Å². The highest BCUT2D eigenvalue weighted by atomic mass is 16.6. The van der Waals surface area contributed by atoms with E-state index in [2.05, 4.69) is 10.6 Å². The molecule has 210 valence electrons. The molecule has 0 saturated heterocycles. The Balaban J connectivity index is 3.78. The number of carbonyl (C=O) groups excluding carboxylic acids is 4. The molecule has 12 nitrogen and oxygen atoms in total. The van der Waals surface area contributed by atoms with Crippen LogP contribution in [-0.4, -0.2) is 112 Å². The molecular weight excluding hydrogens is 472 g/mol. The largest absolute Gasteiger partial charge is 0.462 e. The van der Waals surface area contributed by atoms with Crippen molar-refractivity contribution in [1.29, 1.82) is 0 Å². The summed E-state index contributed by atoms with van der Waals surface area (Å²) in [5, 5.41) is 5.31. The van der Waals surface area contributed by atoms with E-state index in [0.717, 1.165) is 0 Å². The van der Waals surface area contributed by atoms with Crippen molar-refractivity contribution in [2.45, 2.75) is 65.6 Å². The lowest BCUT2D eigenvalue weighted by atomic mass is 10.2. The van der Waals surface area contributed by atoms with Crippen LogP contribution in [0.15, 0.2) is 0 Å². The lowest BCUT2D eigenvalue weighted by molar-refractivity contribution is -0.152. The van der Waals surface area contributed by atoms with Crippen LogP contribution in [0.25, 0.3) is 0 Å². The van der Waals surface area contributed by atoms with Gasteiger partial charge in [0.05, 0.1) is 12.8 Å². The predicted molar refractivity (Wildman–Crippen MR) is 135 cm³/mol. The first-order valence-electron chi connectivity index (χ1n) is 12.2. The summed E-state index contributed by atoms with van der Waals surface area (Å²) in [6.45, 7) is 13.6. The van der Waals surface area contributed by atoms with E-state index in [1.165, 1.54) is 0 Å². The number of hydrogen-bond acceptors (Lipinski definition) is 10. The van der Waals surface area contributed by atoms with Crippen molar-refractivity contribution in [2.75, 3.05) is 66.6 Å². The number of likely N-dealkylation sites (N-methyl/N-ethyl adjacent to an activating group) is 2. The fourth-order valence-electron chi connectivity index (χ4n) is 2.57. The van der Waals surface area contributed by atoms with Crippen LogP contribution in [-0.2, 0) is 28.5 Å². The zero-order chi connectivity index (χ0) is 27.8. The Morgan fingerprint density at radius 2 is 0.944 bits per heavy atom. The average molecular weight is 519 g/mol. The molecular formula is C24H46N4O8. The summed E-state index contributed by atoms with van der Waals surface area (Å²) in [5.74, 6) is -0.787. The van der Waals surface area contributed by atoms with Crippen LogP contribution < -0.4 is 10.6 Å². The molecule has 0 spiro atoms. The molecule has 0 heterocycles. The Labute approximate surface area is 215 Å². The summed E-state index contributed by atoms with van der Waals surface area (Å²) in [6, 6.07) is 0. The number of nitrogens with one attached hydrogen (secondary N) is 2. The maximum absolute atomic E-state index is 11.8. The lowest BCUT2D eigenvalue weighted by Crippen LogP contribution is -2.37.